The molecule has 1 aliphatic rings. The number of hydrogen-bond donors (Lipinski definition) is 2. The maximum absolute atomic E-state index is 12.3. The van der Waals surface area contributed by atoms with Gasteiger partial charge in [0.2, 0.25) is 0 Å². The summed E-state index contributed by atoms with van der Waals surface area (Å²) in [5.74, 6) is 0.742. The molecule has 0 bridgehead atoms. The van der Waals surface area contributed by atoms with E-state index >= 15 is 0 Å². The van der Waals surface area contributed by atoms with E-state index in [4.69, 9.17) is 9.47 Å². The molecule has 1 saturated carbocycles. The van der Waals surface area contributed by atoms with Crippen LogP contribution in [0.3, 0.4) is 0 Å². The number of hydrogen-bond acceptors (Lipinski definition) is 4. The van der Waals surface area contributed by atoms with E-state index in [-0.39, 0.29) is 30.1 Å². The van der Waals surface area contributed by atoms with Crippen LogP contribution in [0.5, 0.6) is 0 Å². The highest BCUT2D eigenvalue weighted by Gasteiger charge is 2.34. The first-order valence-electron chi connectivity index (χ1n) is 8.89. The minimum absolute atomic E-state index is 0. The first-order valence-corrected chi connectivity index (χ1v) is 8.89. The van der Waals surface area contributed by atoms with Crippen LogP contribution in [-0.4, -0.2) is 68.5 Å². The lowest BCUT2D eigenvalue weighted by molar-refractivity contribution is 0.0238. The van der Waals surface area contributed by atoms with Crippen LogP contribution in [0.25, 0.3) is 0 Å². The summed E-state index contributed by atoms with van der Waals surface area (Å²) in [5.41, 5.74) is -0.462. The Kier molecular flexibility index (Phi) is 12.2. The Morgan fingerprint density at radius 1 is 1.24 bits per heavy atom. The third kappa shape index (κ3) is 11.5. The lowest BCUT2D eigenvalue weighted by atomic mass is 10.2. The monoisotopic (exact) mass is 470 g/mol. The number of ether oxygens (including phenoxy) is 2. The molecule has 0 aliphatic heterocycles. The molecule has 1 fully saturated rings. The van der Waals surface area contributed by atoms with Gasteiger partial charge in [-0.05, 0) is 47.0 Å². The van der Waals surface area contributed by atoms with Gasteiger partial charge < -0.3 is 25.0 Å². The molecule has 1 aliphatic carbocycles. The van der Waals surface area contributed by atoms with E-state index in [1.54, 1.807) is 7.05 Å². The minimum atomic E-state index is -0.462. The number of carbonyl (C=O) groups is 1. The van der Waals surface area contributed by atoms with Gasteiger partial charge in [0.05, 0.1) is 0 Å². The second-order valence-corrected chi connectivity index (χ2v) is 6.88. The number of halogens is 1. The normalized spacial score (nSPS) is 14.5. The number of nitrogens with one attached hydrogen (secondary N) is 2. The van der Waals surface area contributed by atoms with Gasteiger partial charge in [-0.1, -0.05) is 0 Å². The smallest absolute Gasteiger partial charge is 0.410 e. The molecular weight excluding hydrogens is 435 g/mol. The Labute approximate surface area is 169 Å². The molecule has 1 rings (SSSR count). The molecule has 0 aromatic heterocycles. The molecule has 25 heavy (non-hydrogen) atoms. The van der Waals surface area contributed by atoms with Crippen molar-refractivity contribution in [2.75, 3.05) is 39.9 Å². The van der Waals surface area contributed by atoms with E-state index in [9.17, 15) is 4.79 Å². The standard InChI is InChI=1S/C17H34N4O3.HI/c1-6-23-13-7-10-19-15(18-5)20-11-12-21(14-8-9-14)16(22)24-17(2,3)4;/h14H,6-13H2,1-5H3,(H2,18,19,20);1H. The van der Waals surface area contributed by atoms with Crippen molar-refractivity contribution in [2.45, 2.75) is 58.6 Å². The fourth-order valence-corrected chi connectivity index (χ4v) is 2.17. The zero-order valence-electron chi connectivity index (χ0n) is 16.3. The number of guanidine groups is 1. The van der Waals surface area contributed by atoms with E-state index in [1.807, 2.05) is 32.6 Å². The Morgan fingerprint density at radius 2 is 1.88 bits per heavy atom. The molecule has 0 aromatic carbocycles. The molecule has 0 atom stereocenters. The van der Waals surface area contributed by atoms with Crippen LogP contribution >= 0.6 is 24.0 Å². The predicted octanol–water partition coefficient (Wildman–Crippen LogP) is 2.60. The SMILES string of the molecule is CCOCCCNC(=NC)NCCN(C(=O)OC(C)(C)C)C1CC1.I. The molecule has 0 aromatic rings. The number of amides is 1. The molecule has 7 nitrogen and oxygen atoms in total. The highest BCUT2D eigenvalue weighted by atomic mass is 127. The van der Waals surface area contributed by atoms with Gasteiger partial charge in [-0.3, -0.25) is 4.99 Å². The van der Waals surface area contributed by atoms with E-state index in [1.165, 1.54) is 0 Å². The van der Waals surface area contributed by atoms with Crippen LogP contribution < -0.4 is 10.6 Å². The first-order chi connectivity index (χ1) is 11.4. The Balaban J connectivity index is 0.00000576. The van der Waals surface area contributed by atoms with Crippen molar-refractivity contribution in [2.24, 2.45) is 4.99 Å². The Morgan fingerprint density at radius 3 is 2.40 bits per heavy atom. The van der Waals surface area contributed by atoms with Gasteiger partial charge in [-0.25, -0.2) is 4.79 Å². The Bertz CT molecular complexity index is 409. The second kappa shape index (κ2) is 12.6. The van der Waals surface area contributed by atoms with Crippen molar-refractivity contribution >= 4 is 36.0 Å². The van der Waals surface area contributed by atoms with E-state index in [0.29, 0.717) is 19.1 Å². The molecule has 148 valence electrons. The number of nitrogens with zero attached hydrogens (tertiary/aromatic N) is 2. The summed E-state index contributed by atoms with van der Waals surface area (Å²) in [4.78, 5) is 18.3. The van der Waals surface area contributed by atoms with Gasteiger partial charge in [-0.2, -0.15) is 0 Å². The van der Waals surface area contributed by atoms with Crippen molar-refractivity contribution in [3.8, 4) is 0 Å². The highest BCUT2D eigenvalue weighted by Crippen LogP contribution is 2.27. The molecule has 0 unspecified atom stereocenters. The summed E-state index contributed by atoms with van der Waals surface area (Å²) < 4.78 is 10.8. The van der Waals surface area contributed by atoms with Crippen molar-refractivity contribution in [3.63, 3.8) is 0 Å². The average molecular weight is 470 g/mol. The lowest BCUT2D eigenvalue weighted by Crippen LogP contribution is -2.45. The molecular formula is C17H35IN4O3. The van der Waals surface area contributed by atoms with Gasteiger partial charge in [0.15, 0.2) is 5.96 Å². The summed E-state index contributed by atoms with van der Waals surface area (Å²) in [7, 11) is 1.74. The molecule has 2 N–H and O–H groups in total. The van der Waals surface area contributed by atoms with Crippen LogP contribution in [-0.2, 0) is 9.47 Å². The topological polar surface area (TPSA) is 75.2 Å². The van der Waals surface area contributed by atoms with Crippen LogP contribution in [0.1, 0.15) is 47.0 Å². The van der Waals surface area contributed by atoms with Gasteiger partial charge in [0.1, 0.15) is 5.60 Å². The summed E-state index contributed by atoms with van der Waals surface area (Å²) in [6, 6.07) is 0.322. The zero-order chi connectivity index (χ0) is 18.0. The third-order valence-electron chi connectivity index (χ3n) is 3.45. The second-order valence-electron chi connectivity index (χ2n) is 6.88. The maximum atomic E-state index is 12.3. The number of aliphatic imine (C=N–C) groups is 1. The molecule has 1 amide bonds. The van der Waals surface area contributed by atoms with Crippen molar-refractivity contribution in [3.05, 3.63) is 0 Å². The number of rotatable bonds is 9. The maximum Gasteiger partial charge on any atom is 0.410 e. The fourth-order valence-electron chi connectivity index (χ4n) is 2.17. The van der Waals surface area contributed by atoms with Crippen LogP contribution in [0.2, 0.25) is 0 Å². The molecule has 0 radical (unpaired) electrons. The van der Waals surface area contributed by atoms with E-state index in [2.05, 4.69) is 15.6 Å². The average Bonchev–Trinajstić information content (AvgIpc) is 3.32. The van der Waals surface area contributed by atoms with Gasteiger partial charge in [-0.15, -0.1) is 24.0 Å². The Hall–Kier alpha value is -0.770. The molecule has 0 spiro atoms. The zero-order valence-corrected chi connectivity index (χ0v) is 18.6. The van der Waals surface area contributed by atoms with Crippen LogP contribution in [0.4, 0.5) is 4.79 Å². The first kappa shape index (κ1) is 24.2. The van der Waals surface area contributed by atoms with Gasteiger partial charge in [0.25, 0.3) is 0 Å². The van der Waals surface area contributed by atoms with Crippen molar-refractivity contribution in [1.29, 1.82) is 0 Å². The molecule has 0 saturated heterocycles. The summed E-state index contributed by atoms with van der Waals surface area (Å²) in [6.45, 7) is 11.2. The quantitative estimate of drug-likeness (QED) is 0.235. The van der Waals surface area contributed by atoms with Gasteiger partial charge >= 0.3 is 6.09 Å². The van der Waals surface area contributed by atoms with Gasteiger partial charge in [0, 0.05) is 45.9 Å². The third-order valence-corrected chi connectivity index (χ3v) is 3.45. The number of carbonyl (C=O) groups excluding carboxylic acids is 1. The van der Waals surface area contributed by atoms with Crippen molar-refractivity contribution in [1.82, 2.24) is 15.5 Å². The summed E-state index contributed by atoms with van der Waals surface area (Å²) in [5, 5.41) is 6.48. The molecule has 8 heteroatoms. The van der Waals surface area contributed by atoms with Crippen molar-refractivity contribution < 1.29 is 14.3 Å². The predicted molar refractivity (Wildman–Crippen MR) is 112 cm³/mol. The van der Waals surface area contributed by atoms with E-state index < -0.39 is 5.60 Å². The largest absolute Gasteiger partial charge is 0.444 e. The van der Waals surface area contributed by atoms with Crippen LogP contribution in [0.15, 0.2) is 4.99 Å². The summed E-state index contributed by atoms with van der Waals surface area (Å²) in [6.07, 6.45) is 2.82. The van der Waals surface area contributed by atoms with E-state index in [0.717, 1.165) is 45.0 Å². The highest BCUT2D eigenvalue weighted by molar-refractivity contribution is 14.0. The minimum Gasteiger partial charge on any atom is -0.444 e. The van der Waals surface area contributed by atoms with Crippen LogP contribution in [0, 0.1) is 0 Å². The summed E-state index contributed by atoms with van der Waals surface area (Å²) >= 11 is 0. The molecule has 0 heterocycles. The fraction of sp³-hybridized carbons (Fsp3) is 0.882. The lowest BCUT2D eigenvalue weighted by Gasteiger charge is -2.27.